The standard InChI is InChI=1S/C13H19N3O3S/c1-7-6-20-11(14-7)8(2)15-13(19)16-10-4-3-9(5-10)12(17)18/h6,8-10H,3-5H2,1-2H3,(H,17,18)(H2,15,16,19)/t8?,9-,10+/m1/s1. The lowest BCUT2D eigenvalue weighted by atomic mass is 10.1. The number of amides is 2. The summed E-state index contributed by atoms with van der Waals surface area (Å²) in [5.74, 6) is -1.11. The zero-order valence-corrected chi connectivity index (χ0v) is 12.4. The van der Waals surface area contributed by atoms with Crippen LogP contribution in [0.2, 0.25) is 0 Å². The van der Waals surface area contributed by atoms with E-state index < -0.39 is 5.97 Å². The third-order valence-electron chi connectivity index (χ3n) is 3.47. The summed E-state index contributed by atoms with van der Waals surface area (Å²) in [5, 5.41) is 17.4. The minimum Gasteiger partial charge on any atom is -0.481 e. The fourth-order valence-corrected chi connectivity index (χ4v) is 3.20. The number of carbonyl (C=O) groups is 2. The molecule has 2 rings (SSSR count). The van der Waals surface area contributed by atoms with E-state index in [1.54, 1.807) is 0 Å². The van der Waals surface area contributed by atoms with E-state index in [1.165, 1.54) is 11.3 Å². The van der Waals surface area contributed by atoms with Gasteiger partial charge in [0.15, 0.2) is 0 Å². The molecule has 0 saturated heterocycles. The number of urea groups is 1. The third kappa shape index (κ3) is 3.69. The number of carboxylic acid groups (broad SMARTS) is 1. The van der Waals surface area contributed by atoms with Crippen LogP contribution in [0.15, 0.2) is 5.38 Å². The van der Waals surface area contributed by atoms with Crippen LogP contribution in [0.4, 0.5) is 4.79 Å². The van der Waals surface area contributed by atoms with Crippen LogP contribution in [-0.2, 0) is 4.79 Å². The van der Waals surface area contributed by atoms with E-state index in [2.05, 4.69) is 15.6 Å². The molecule has 1 aromatic rings. The van der Waals surface area contributed by atoms with Crippen molar-refractivity contribution < 1.29 is 14.7 Å². The number of nitrogens with one attached hydrogen (secondary N) is 2. The molecule has 0 bridgehead atoms. The van der Waals surface area contributed by atoms with Crippen LogP contribution in [0.1, 0.15) is 42.9 Å². The molecule has 0 aromatic carbocycles. The highest BCUT2D eigenvalue weighted by Crippen LogP contribution is 2.25. The Bertz CT molecular complexity index is 503. The van der Waals surface area contributed by atoms with Gasteiger partial charge in [-0.05, 0) is 33.1 Å². The number of carboxylic acids is 1. The van der Waals surface area contributed by atoms with Crippen molar-refractivity contribution in [3.63, 3.8) is 0 Å². The summed E-state index contributed by atoms with van der Waals surface area (Å²) in [5.41, 5.74) is 0.944. The highest BCUT2D eigenvalue weighted by molar-refractivity contribution is 7.09. The predicted molar refractivity (Wildman–Crippen MR) is 75.7 cm³/mol. The highest BCUT2D eigenvalue weighted by atomic mass is 32.1. The summed E-state index contributed by atoms with van der Waals surface area (Å²) in [7, 11) is 0. The molecular weight excluding hydrogens is 278 g/mol. The first-order valence-corrected chi connectivity index (χ1v) is 7.55. The van der Waals surface area contributed by atoms with Crippen LogP contribution >= 0.6 is 11.3 Å². The van der Waals surface area contributed by atoms with E-state index in [1.807, 2.05) is 19.2 Å². The zero-order chi connectivity index (χ0) is 14.7. The van der Waals surface area contributed by atoms with Crippen molar-refractivity contribution >= 4 is 23.3 Å². The fourth-order valence-electron chi connectivity index (χ4n) is 2.39. The molecule has 1 aliphatic carbocycles. The number of aryl methyl sites for hydroxylation is 1. The molecule has 0 radical (unpaired) electrons. The van der Waals surface area contributed by atoms with Crippen molar-refractivity contribution in [2.24, 2.45) is 5.92 Å². The van der Waals surface area contributed by atoms with Crippen LogP contribution in [0, 0.1) is 12.8 Å². The first-order valence-electron chi connectivity index (χ1n) is 6.67. The quantitative estimate of drug-likeness (QED) is 0.793. The van der Waals surface area contributed by atoms with Gasteiger partial charge in [-0.15, -0.1) is 11.3 Å². The van der Waals surface area contributed by atoms with E-state index in [0.29, 0.717) is 12.8 Å². The van der Waals surface area contributed by atoms with Gasteiger partial charge in [-0.1, -0.05) is 0 Å². The van der Waals surface area contributed by atoms with Gasteiger partial charge in [0.1, 0.15) is 5.01 Å². The van der Waals surface area contributed by atoms with Gasteiger partial charge in [-0.2, -0.15) is 0 Å². The molecule has 1 aliphatic rings. The van der Waals surface area contributed by atoms with Gasteiger partial charge in [0, 0.05) is 17.1 Å². The molecule has 1 unspecified atom stereocenters. The van der Waals surface area contributed by atoms with Crippen molar-refractivity contribution in [2.45, 2.75) is 45.2 Å². The zero-order valence-electron chi connectivity index (χ0n) is 11.5. The largest absolute Gasteiger partial charge is 0.481 e. The molecule has 2 amide bonds. The maximum absolute atomic E-state index is 11.9. The fraction of sp³-hybridized carbons (Fsp3) is 0.615. The summed E-state index contributed by atoms with van der Waals surface area (Å²) in [6.45, 7) is 3.80. The van der Waals surface area contributed by atoms with Gasteiger partial charge in [0.25, 0.3) is 0 Å². The van der Waals surface area contributed by atoms with Crippen LogP contribution < -0.4 is 10.6 Å². The Morgan fingerprint density at radius 1 is 1.50 bits per heavy atom. The second-order valence-electron chi connectivity index (χ2n) is 5.21. The molecule has 3 atom stereocenters. The Morgan fingerprint density at radius 3 is 2.80 bits per heavy atom. The minimum atomic E-state index is -0.777. The molecule has 3 N–H and O–H groups in total. The Hall–Kier alpha value is -1.63. The lowest BCUT2D eigenvalue weighted by Gasteiger charge is -2.16. The number of carbonyl (C=O) groups excluding carboxylic acids is 1. The Balaban J connectivity index is 1.80. The van der Waals surface area contributed by atoms with Gasteiger partial charge >= 0.3 is 12.0 Å². The highest BCUT2D eigenvalue weighted by Gasteiger charge is 2.30. The van der Waals surface area contributed by atoms with E-state index in [9.17, 15) is 9.59 Å². The number of thiazole rings is 1. The third-order valence-corrected chi connectivity index (χ3v) is 4.62. The summed E-state index contributed by atoms with van der Waals surface area (Å²) in [4.78, 5) is 27.1. The number of aromatic nitrogens is 1. The molecule has 0 spiro atoms. The molecule has 7 heteroatoms. The van der Waals surface area contributed by atoms with Crippen molar-refractivity contribution in [3.8, 4) is 0 Å². The van der Waals surface area contributed by atoms with Crippen molar-refractivity contribution in [1.82, 2.24) is 15.6 Å². The molecular formula is C13H19N3O3S. The lowest BCUT2D eigenvalue weighted by molar-refractivity contribution is -0.141. The van der Waals surface area contributed by atoms with Crippen molar-refractivity contribution in [1.29, 1.82) is 0 Å². The number of rotatable bonds is 4. The normalized spacial score (nSPS) is 23.3. The molecule has 110 valence electrons. The first kappa shape index (κ1) is 14.8. The smallest absolute Gasteiger partial charge is 0.315 e. The lowest BCUT2D eigenvalue weighted by Crippen LogP contribution is -2.42. The molecule has 20 heavy (non-hydrogen) atoms. The molecule has 1 fully saturated rings. The summed E-state index contributed by atoms with van der Waals surface area (Å²) >= 11 is 1.52. The second kappa shape index (κ2) is 6.21. The Labute approximate surface area is 121 Å². The molecule has 1 saturated carbocycles. The van der Waals surface area contributed by atoms with E-state index in [4.69, 9.17) is 5.11 Å². The van der Waals surface area contributed by atoms with Crippen molar-refractivity contribution in [3.05, 3.63) is 16.1 Å². The Morgan fingerprint density at radius 2 is 2.25 bits per heavy atom. The molecule has 1 aromatic heterocycles. The number of hydrogen-bond acceptors (Lipinski definition) is 4. The Kier molecular flexibility index (Phi) is 4.59. The number of hydrogen-bond donors (Lipinski definition) is 3. The minimum absolute atomic E-state index is 0.0543. The maximum atomic E-state index is 11.9. The van der Waals surface area contributed by atoms with Gasteiger partial charge in [-0.25, -0.2) is 9.78 Å². The van der Waals surface area contributed by atoms with Crippen LogP contribution in [0.5, 0.6) is 0 Å². The van der Waals surface area contributed by atoms with Gasteiger partial charge in [-0.3, -0.25) is 4.79 Å². The van der Waals surface area contributed by atoms with Gasteiger partial charge < -0.3 is 15.7 Å². The van der Waals surface area contributed by atoms with E-state index in [0.717, 1.165) is 17.1 Å². The average Bonchev–Trinajstić information content (AvgIpc) is 2.98. The first-order chi connectivity index (χ1) is 9.45. The number of nitrogens with zero attached hydrogens (tertiary/aromatic N) is 1. The topological polar surface area (TPSA) is 91.3 Å². The van der Waals surface area contributed by atoms with Crippen LogP contribution in [-0.4, -0.2) is 28.1 Å². The molecule has 6 nitrogen and oxygen atoms in total. The SMILES string of the molecule is Cc1csc(C(C)NC(=O)N[C@H]2CC[C@@H](C(=O)O)C2)n1. The predicted octanol–water partition coefficient (Wildman–Crippen LogP) is 2.07. The van der Waals surface area contributed by atoms with E-state index in [-0.39, 0.29) is 24.0 Å². The maximum Gasteiger partial charge on any atom is 0.315 e. The monoisotopic (exact) mass is 297 g/mol. The average molecular weight is 297 g/mol. The molecule has 1 heterocycles. The van der Waals surface area contributed by atoms with Gasteiger partial charge in [0.2, 0.25) is 0 Å². The van der Waals surface area contributed by atoms with Gasteiger partial charge in [0.05, 0.1) is 12.0 Å². The molecule has 0 aliphatic heterocycles. The van der Waals surface area contributed by atoms with Crippen molar-refractivity contribution in [2.75, 3.05) is 0 Å². The summed E-state index contributed by atoms with van der Waals surface area (Å²) < 4.78 is 0. The number of aliphatic carboxylic acids is 1. The summed E-state index contributed by atoms with van der Waals surface area (Å²) in [6.07, 6.45) is 1.85. The van der Waals surface area contributed by atoms with E-state index >= 15 is 0 Å². The van der Waals surface area contributed by atoms with Crippen LogP contribution in [0.25, 0.3) is 0 Å². The second-order valence-corrected chi connectivity index (χ2v) is 6.10. The van der Waals surface area contributed by atoms with Crippen LogP contribution in [0.3, 0.4) is 0 Å². The summed E-state index contributed by atoms with van der Waals surface area (Å²) in [6, 6.07) is -0.465.